The zero-order chi connectivity index (χ0) is 13.5. The van der Waals surface area contributed by atoms with Crippen molar-refractivity contribution >= 4 is 11.6 Å². The minimum Gasteiger partial charge on any atom is -0.469 e. The number of aryl methyl sites for hydroxylation is 1. The lowest BCUT2D eigenvalue weighted by Crippen LogP contribution is -2.29. The molecule has 0 unspecified atom stereocenters. The number of benzene rings is 1. The number of hydrogen-bond acceptors (Lipinski definition) is 3. The van der Waals surface area contributed by atoms with Crippen LogP contribution in [0.3, 0.4) is 0 Å². The van der Waals surface area contributed by atoms with Gasteiger partial charge in [-0.05, 0) is 31.2 Å². The number of carbonyl (C=O) groups excluding carboxylic acids is 1. The monoisotopic (exact) mass is 258 g/mol. The molecule has 0 atom stereocenters. The van der Waals surface area contributed by atoms with E-state index in [0.29, 0.717) is 6.54 Å². The molecule has 1 heterocycles. The standard InChI is InChI=1S/C15H18N2O2/c1-12-4-6-13(7-5-12)17-15(18)11-16-9-8-14-3-2-10-19-14/h2-7,10,16H,8-9,11H2,1H3,(H,17,18). The van der Waals surface area contributed by atoms with E-state index in [-0.39, 0.29) is 5.91 Å². The first-order valence-corrected chi connectivity index (χ1v) is 6.33. The van der Waals surface area contributed by atoms with Crippen molar-refractivity contribution in [3.63, 3.8) is 0 Å². The van der Waals surface area contributed by atoms with E-state index in [9.17, 15) is 4.79 Å². The van der Waals surface area contributed by atoms with Crippen molar-refractivity contribution in [1.82, 2.24) is 5.32 Å². The fourth-order valence-electron chi connectivity index (χ4n) is 1.71. The van der Waals surface area contributed by atoms with Crippen LogP contribution in [0, 0.1) is 6.92 Å². The van der Waals surface area contributed by atoms with E-state index in [1.807, 2.05) is 43.3 Å². The Morgan fingerprint density at radius 2 is 2.00 bits per heavy atom. The van der Waals surface area contributed by atoms with Crippen molar-refractivity contribution in [2.45, 2.75) is 13.3 Å². The van der Waals surface area contributed by atoms with Crippen molar-refractivity contribution in [3.05, 3.63) is 54.0 Å². The molecule has 2 aromatic rings. The molecule has 0 radical (unpaired) electrons. The van der Waals surface area contributed by atoms with Crippen LogP contribution in [0.1, 0.15) is 11.3 Å². The second-order valence-corrected chi connectivity index (χ2v) is 4.42. The number of anilines is 1. The molecule has 100 valence electrons. The fraction of sp³-hybridized carbons (Fsp3) is 0.267. The molecule has 0 aliphatic carbocycles. The van der Waals surface area contributed by atoms with E-state index in [1.165, 1.54) is 5.56 Å². The predicted molar refractivity (Wildman–Crippen MR) is 75.1 cm³/mol. The average molecular weight is 258 g/mol. The van der Waals surface area contributed by atoms with E-state index in [4.69, 9.17) is 4.42 Å². The highest BCUT2D eigenvalue weighted by atomic mass is 16.3. The van der Waals surface area contributed by atoms with Gasteiger partial charge in [0.15, 0.2) is 0 Å². The first-order chi connectivity index (χ1) is 9.24. The van der Waals surface area contributed by atoms with E-state index >= 15 is 0 Å². The molecule has 2 N–H and O–H groups in total. The van der Waals surface area contributed by atoms with Gasteiger partial charge in [-0.2, -0.15) is 0 Å². The van der Waals surface area contributed by atoms with Crippen LogP contribution in [-0.4, -0.2) is 19.0 Å². The molecular formula is C15H18N2O2. The maximum absolute atomic E-state index is 11.7. The molecule has 1 aromatic heterocycles. The summed E-state index contributed by atoms with van der Waals surface area (Å²) in [4.78, 5) is 11.7. The third-order valence-corrected chi connectivity index (χ3v) is 2.75. The molecule has 1 amide bonds. The molecule has 0 spiro atoms. The van der Waals surface area contributed by atoms with Crippen molar-refractivity contribution < 1.29 is 9.21 Å². The Hall–Kier alpha value is -2.07. The van der Waals surface area contributed by atoms with Gasteiger partial charge in [0.2, 0.25) is 5.91 Å². The molecule has 0 aliphatic heterocycles. The Morgan fingerprint density at radius 3 is 2.68 bits per heavy atom. The minimum atomic E-state index is -0.0386. The summed E-state index contributed by atoms with van der Waals surface area (Å²) >= 11 is 0. The van der Waals surface area contributed by atoms with Gasteiger partial charge >= 0.3 is 0 Å². The molecular weight excluding hydrogens is 240 g/mol. The maximum Gasteiger partial charge on any atom is 0.238 e. The lowest BCUT2D eigenvalue weighted by atomic mass is 10.2. The molecule has 0 saturated heterocycles. The number of hydrogen-bond donors (Lipinski definition) is 2. The lowest BCUT2D eigenvalue weighted by molar-refractivity contribution is -0.115. The Balaban J connectivity index is 1.65. The summed E-state index contributed by atoms with van der Waals surface area (Å²) in [5.74, 6) is 0.884. The van der Waals surface area contributed by atoms with Crippen LogP contribution >= 0.6 is 0 Å². The zero-order valence-electron chi connectivity index (χ0n) is 11.0. The van der Waals surface area contributed by atoms with Crippen LogP contribution in [0.4, 0.5) is 5.69 Å². The highest BCUT2D eigenvalue weighted by molar-refractivity contribution is 5.92. The number of nitrogens with one attached hydrogen (secondary N) is 2. The normalized spacial score (nSPS) is 10.4. The van der Waals surface area contributed by atoms with Crippen molar-refractivity contribution in [3.8, 4) is 0 Å². The topological polar surface area (TPSA) is 54.3 Å². The molecule has 4 nitrogen and oxygen atoms in total. The third kappa shape index (κ3) is 4.60. The van der Waals surface area contributed by atoms with E-state index < -0.39 is 0 Å². The maximum atomic E-state index is 11.7. The van der Waals surface area contributed by atoms with Crippen molar-refractivity contribution in [2.24, 2.45) is 0 Å². The Labute approximate surface area is 112 Å². The SMILES string of the molecule is Cc1ccc(NC(=O)CNCCc2ccco2)cc1. The van der Waals surface area contributed by atoms with Crippen LogP contribution in [0.15, 0.2) is 47.1 Å². The largest absolute Gasteiger partial charge is 0.469 e. The number of amides is 1. The molecule has 0 aliphatic rings. The van der Waals surface area contributed by atoms with Gasteiger partial charge in [-0.3, -0.25) is 4.79 Å². The predicted octanol–water partition coefficient (Wildman–Crippen LogP) is 2.36. The Kier molecular flexibility index (Phi) is 4.75. The van der Waals surface area contributed by atoms with E-state index in [1.54, 1.807) is 6.26 Å². The summed E-state index contributed by atoms with van der Waals surface area (Å²) < 4.78 is 5.21. The molecule has 2 rings (SSSR count). The van der Waals surface area contributed by atoms with Crippen molar-refractivity contribution in [1.29, 1.82) is 0 Å². The molecule has 1 aromatic carbocycles. The Bertz CT molecular complexity index is 503. The van der Waals surface area contributed by atoms with E-state index in [0.717, 1.165) is 24.4 Å². The summed E-state index contributed by atoms with van der Waals surface area (Å²) in [6.45, 7) is 3.03. The molecule has 4 heteroatoms. The lowest BCUT2D eigenvalue weighted by Gasteiger charge is -2.06. The minimum absolute atomic E-state index is 0.0386. The van der Waals surface area contributed by atoms with Gasteiger partial charge in [0.05, 0.1) is 12.8 Å². The zero-order valence-corrected chi connectivity index (χ0v) is 11.0. The summed E-state index contributed by atoms with van der Waals surface area (Å²) in [6.07, 6.45) is 2.43. The van der Waals surface area contributed by atoms with Gasteiger partial charge in [-0.25, -0.2) is 0 Å². The number of carbonyl (C=O) groups is 1. The summed E-state index contributed by atoms with van der Waals surface area (Å²) in [5, 5.41) is 5.92. The molecule has 0 bridgehead atoms. The fourth-order valence-corrected chi connectivity index (χ4v) is 1.71. The van der Waals surface area contributed by atoms with Crippen LogP contribution in [0.25, 0.3) is 0 Å². The molecule has 19 heavy (non-hydrogen) atoms. The van der Waals surface area contributed by atoms with Crippen molar-refractivity contribution in [2.75, 3.05) is 18.4 Å². The summed E-state index contributed by atoms with van der Waals surface area (Å²) in [6, 6.07) is 11.5. The average Bonchev–Trinajstić information content (AvgIpc) is 2.91. The van der Waals surface area contributed by atoms with Gasteiger partial charge in [0, 0.05) is 18.7 Å². The number of furan rings is 1. The van der Waals surface area contributed by atoms with E-state index in [2.05, 4.69) is 10.6 Å². The summed E-state index contributed by atoms with van der Waals surface area (Å²) in [7, 11) is 0. The second-order valence-electron chi connectivity index (χ2n) is 4.42. The van der Waals surface area contributed by atoms with Crippen LogP contribution in [-0.2, 0) is 11.2 Å². The molecule has 0 saturated carbocycles. The van der Waals surface area contributed by atoms with Crippen LogP contribution < -0.4 is 10.6 Å². The van der Waals surface area contributed by atoms with Gasteiger partial charge in [-0.15, -0.1) is 0 Å². The van der Waals surface area contributed by atoms with Gasteiger partial charge < -0.3 is 15.1 Å². The third-order valence-electron chi connectivity index (χ3n) is 2.75. The van der Waals surface area contributed by atoms with Crippen LogP contribution in [0.2, 0.25) is 0 Å². The second kappa shape index (κ2) is 6.75. The summed E-state index contributed by atoms with van der Waals surface area (Å²) in [5.41, 5.74) is 2.00. The highest BCUT2D eigenvalue weighted by Crippen LogP contribution is 2.07. The highest BCUT2D eigenvalue weighted by Gasteiger charge is 2.02. The van der Waals surface area contributed by atoms with Gasteiger partial charge in [0.25, 0.3) is 0 Å². The first-order valence-electron chi connectivity index (χ1n) is 6.33. The number of rotatable bonds is 6. The molecule has 0 fully saturated rings. The van der Waals surface area contributed by atoms with Crippen LogP contribution in [0.5, 0.6) is 0 Å². The smallest absolute Gasteiger partial charge is 0.238 e. The first kappa shape index (κ1) is 13.4. The Morgan fingerprint density at radius 1 is 1.21 bits per heavy atom. The quantitative estimate of drug-likeness (QED) is 0.782. The van der Waals surface area contributed by atoms with Gasteiger partial charge in [0.1, 0.15) is 5.76 Å². The van der Waals surface area contributed by atoms with Gasteiger partial charge in [-0.1, -0.05) is 17.7 Å².